The van der Waals surface area contributed by atoms with Crippen molar-refractivity contribution in [2.24, 2.45) is 0 Å². The highest BCUT2D eigenvalue weighted by atomic mass is 14.9. The largest absolute Gasteiger partial charge is 0.397 e. The summed E-state index contributed by atoms with van der Waals surface area (Å²) in [5, 5.41) is 3.66. The van der Waals surface area contributed by atoms with Crippen LogP contribution in [0, 0.1) is 0 Å². The molecule has 2 heteroatoms. The number of hydrogen-bond acceptors (Lipinski definition) is 2. The van der Waals surface area contributed by atoms with Crippen molar-refractivity contribution in [1.29, 1.82) is 0 Å². The number of rotatable bonds is 5. The quantitative estimate of drug-likeness (QED) is 0.234. The topological polar surface area (TPSA) is 38.0 Å². The Morgan fingerprint density at radius 3 is 1.21 bits per heavy atom. The van der Waals surface area contributed by atoms with Gasteiger partial charge in [-0.15, -0.1) is 0 Å². The zero-order valence-electron chi connectivity index (χ0n) is 23.7. The minimum absolute atomic E-state index is 0.720. The first-order valence-corrected chi connectivity index (χ1v) is 13.8. The van der Waals surface area contributed by atoms with Crippen molar-refractivity contribution >= 4 is 17.1 Å². The van der Waals surface area contributed by atoms with Gasteiger partial charge in [0.15, 0.2) is 0 Å². The summed E-state index contributed by atoms with van der Waals surface area (Å²) in [4.78, 5) is 0. The minimum Gasteiger partial charge on any atom is -0.397 e. The lowest BCUT2D eigenvalue weighted by molar-refractivity contribution is 1.50. The Kier molecular flexibility index (Phi) is 13.0. The molecule has 0 bridgehead atoms. The van der Waals surface area contributed by atoms with Gasteiger partial charge in [-0.25, -0.2) is 0 Å². The van der Waals surface area contributed by atoms with Crippen LogP contribution >= 0.6 is 0 Å². The fourth-order valence-corrected chi connectivity index (χ4v) is 4.01. The fourth-order valence-electron chi connectivity index (χ4n) is 4.01. The van der Waals surface area contributed by atoms with Gasteiger partial charge in [0.2, 0.25) is 0 Å². The van der Waals surface area contributed by atoms with Gasteiger partial charge in [-0.05, 0) is 46.5 Å². The molecule has 0 aliphatic rings. The maximum Gasteiger partial charge on any atom is 0.0618 e. The number of nitrogens with two attached hydrogens (primary N) is 1. The van der Waals surface area contributed by atoms with Gasteiger partial charge < -0.3 is 11.1 Å². The summed E-state index contributed by atoms with van der Waals surface area (Å²) in [6.07, 6.45) is 0. The van der Waals surface area contributed by atoms with Crippen LogP contribution in [-0.2, 0) is 0 Å². The van der Waals surface area contributed by atoms with Crippen molar-refractivity contribution in [3.63, 3.8) is 0 Å². The van der Waals surface area contributed by atoms with Crippen LogP contribution in [-0.4, -0.2) is 0 Å². The molecule has 0 aliphatic heterocycles. The van der Waals surface area contributed by atoms with Crippen molar-refractivity contribution < 1.29 is 0 Å². The second-order valence-electron chi connectivity index (χ2n) is 7.76. The van der Waals surface area contributed by atoms with Gasteiger partial charge in [0.1, 0.15) is 0 Å². The third-order valence-corrected chi connectivity index (χ3v) is 5.64. The highest BCUT2D eigenvalue weighted by Crippen LogP contribution is 2.43. The number of nitrogen functional groups attached to an aromatic ring is 1. The molecule has 0 saturated heterocycles. The standard InChI is InChI=1S/C30H24N2.3C2H6/c31-28-18-10-11-19-29(28)32-30-26(23-14-6-2-7-15-23)20-25(22-12-4-1-5-13-22)21-27(30)24-16-8-3-9-17-24;3*1-2/h1-21,32H,31H2;3*1-2H3. The summed E-state index contributed by atoms with van der Waals surface area (Å²) in [6, 6.07) is 43.9. The monoisotopic (exact) mass is 502 g/mol. The van der Waals surface area contributed by atoms with Gasteiger partial charge in [0.05, 0.1) is 17.1 Å². The zero-order chi connectivity index (χ0) is 27.8. The van der Waals surface area contributed by atoms with Crippen LogP contribution < -0.4 is 11.1 Å². The van der Waals surface area contributed by atoms with E-state index >= 15 is 0 Å². The lowest BCUT2D eigenvalue weighted by atomic mass is 9.91. The molecule has 5 rings (SSSR count). The molecule has 3 N–H and O–H groups in total. The Labute approximate surface area is 230 Å². The summed E-state index contributed by atoms with van der Waals surface area (Å²) in [5.41, 5.74) is 15.9. The highest BCUT2D eigenvalue weighted by Gasteiger charge is 2.16. The van der Waals surface area contributed by atoms with E-state index in [1.54, 1.807) is 0 Å². The number of nitrogens with one attached hydrogen (secondary N) is 1. The van der Waals surface area contributed by atoms with E-state index in [2.05, 4.69) is 90.2 Å². The van der Waals surface area contributed by atoms with E-state index in [1.807, 2.05) is 84.0 Å². The third kappa shape index (κ3) is 7.60. The van der Waals surface area contributed by atoms with Crippen LogP contribution in [0.3, 0.4) is 0 Å². The molecule has 0 saturated carbocycles. The third-order valence-electron chi connectivity index (χ3n) is 5.64. The molecular weight excluding hydrogens is 460 g/mol. The number of hydrogen-bond donors (Lipinski definition) is 2. The van der Waals surface area contributed by atoms with Crippen molar-refractivity contribution in [1.82, 2.24) is 0 Å². The Hall–Kier alpha value is -4.30. The van der Waals surface area contributed by atoms with Gasteiger partial charge in [0.25, 0.3) is 0 Å². The van der Waals surface area contributed by atoms with E-state index in [-0.39, 0.29) is 0 Å². The first-order chi connectivity index (χ1) is 18.8. The van der Waals surface area contributed by atoms with Crippen molar-refractivity contribution in [2.45, 2.75) is 41.5 Å². The molecule has 0 heterocycles. The molecule has 0 aromatic heterocycles. The zero-order valence-corrected chi connectivity index (χ0v) is 23.7. The normalized spacial score (nSPS) is 9.42. The first-order valence-electron chi connectivity index (χ1n) is 13.8. The predicted octanol–water partition coefficient (Wildman–Crippen LogP) is 11.1. The summed E-state index contributed by atoms with van der Waals surface area (Å²) < 4.78 is 0. The minimum atomic E-state index is 0.720. The van der Waals surface area contributed by atoms with Gasteiger partial charge in [0, 0.05) is 11.1 Å². The van der Waals surface area contributed by atoms with E-state index in [0.717, 1.165) is 39.3 Å². The molecule has 0 spiro atoms. The molecular formula is C36H42N2. The van der Waals surface area contributed by atoms with Gasteiger partial charge in [-0.1, -0.05) is 145 Å². The second-order valence-corrected chi connectivity index (χ2v) is 7.76. The van der Waals surface area contributed by atoms with E-state index < -0.39 is 0 Å². The van der Waals surface area contributed by atoms with Crippen LogP contribution in [0.1, 0.15) is 41.5 Å². The van der Waals surface area contributed by atoms with Gasteiger partial charge in [-0.3, -0.25) is 0 Å². The SMILES string of the molecule is CC.CC.CC.Nc1ccccc1Nc1c(-c2ccccc2)cc(-c2ccccc2)cc1-c1ccccc1. The number of para-hydroxylation sites is 2. The Morgan fingerprint density at radius 1 is 0.421 bits per heavy atom. The number of anilines is 3. The molecule has 5 aromatic carbocycles. The van der Waals surface area contributed by atoms with Crippen LogP contribution in [0.15, 0.2) is 127 Å². The van der Waals surface area contributed by atoms with Crippen molar-refractivity contribution in [2.75, 3.05) is 11.1 Å². The summed E-state index contributed by atoms with van der Waals surface area (Å²) in [6.45, 7) is 12.0. The molecule has 0 amide bonds. The van der Waals surface area contributed by atoms with E-state index in [4.69, 9.17) is 5.73 Å². The lowest BCUT2D eigenvalue weighted by Gasteiger charge is -2.20. The van der Waals surface area contributed by atoms with Crippen molar-refractivity contribution in [3.8, 4) is 33.4 Å². The molecule has 5 aromatic rings. The van der Waals surface area contributed by atoms with Crippen molar-refractivity contribution in [3.05, 3.63) is 127 Å². The Balaban J connectivity index is 0.000000791. The molecule has 196 valence electrons. The molecule has 0 atom stereocenters. The molecule has 0 fully saturated rings. The molecule has 38 heavy (non-hydrogen) atoms. The van der Waals surface area contributed by atoms with E-state index in [1.165, 1.54) is 11.1 Å². The fraction of sp³-hybridized carbons (Fsp3) is 0.167. The summed E-state index contributed by atoms with van der Waals surface area (Å²) in [7, 11) is 0. The average molecular weight is 503 g/mol. The number of benzene rings is 5. The molecule has 0 aliphatic carbocycles. The predicted molar refractivity (Wildman–Crippen MR) is 171 cm³/mol. The van der Waals surface area contributed by atoms with Crippen LogP contribution in [0.2, 0.25) is 0 Å². The smallest absolute Gasteiger partial charge is 0.0618 e. The molecule has 0 radical (unpaired) electrons. The first kappa shape index (κ1) is 29.9. The Morgan fingerprint density at radius 2 is 0.789 bits per heavy atom. The summed E-state index contributed by atoms with van der Waals surface area (Å²) >= 11 is 0. The van der Waals surface area contributed by atoms with Crippen LogP contribution in [0.25, 0.3) is 33.4 Å². The summed E-state index contributed by atoms with van der Waals surface area (Å²) in [5.74, 6) is 0. The molecule has 0 unspecified atom stereocenters. The van der Waals surface area contributed by atoms with Crippen LogP contribution in [0.4, 0.5) is 17.1 Å². The maximum absolute atomic E-state index is 6.30. The van der Waals surface area contributed by atoms with Gasteiger partial charge in [-0.2, -0.15) is 0 Å². The highest BCUT2D eigenvalue weighted by molar-refractivity contribution is 5.97. The molecule has 2 nitrogen and oxygen atoms in total. The van der Waals surface area contributed by atoms with Crippen LogP contribution in [0.5, 0.6) is 0 Å². The van der Waals surface area contributed by atoms with E-state index in [9.17, 15) is 0 Å². The van der Waals surface area contributed by atoms with E-state index in [0.29, 0.717) is 0 Å². The maximum atomic E-state index is 6.30. The van der Waals surface area contributed by atoms with Gasteiger partial charge >= 0.3 is 0 Å². The Bertz CT molecular complexity index is 1270. The average Bonchev–Trinajstić information content (AvgIpc) is 3.02. The lowest BCUT2D eigenvalue weighted by Crippen LogP contribution is -2.00. The second kappa shape index (κ2) is 16.4.